The fraction of sp³-hybridized carbons (Fsp3) is 0.636. The molecule has 0 aromatic heterocycles. The third-order valence-corrected chi connectivity index (χ3v) is 2.38. The minimum absolute atomic E-state index is 0.974. The van der Waals surface area contributed by atoms with Crippen molar-refractivity contribution in [3.8, 4) is 0 Å². The summed E-state index contributed by atoms with van der Waals surface area (Å²) in [4.78, 5) is 2.27. The van der Waals surface area contributed by atoms with Gasteiger partial charge < -0.3 is 5.32 Å². The normalized spacial score (nSPS) is 17.5. The van der Waals surface area contributed by atoms with Crippen molar-refractivity contribution in [2.75, 3.05) is 33.2 Å². The fourth-order valence-electron chi connectivity index (χ4n) is 1.53. The van der Waals surface area contributed by atoms with Gasteiger partial charge in [-0.3, -0.25) is 4.90 Å². The predicted molar refractivity (Wildman–Crippen MR) is 57.9 cm³/mol. The maximum Gasteiger partial charge on any atom is 0.0166 e. The summed E-state index contributed by atoms with van der Waals surface area (Å²) < 4.78 is 0. The van der Waals surface area contributed by atoms with Gasteiger partial charge in [0.15, 0.2) is 0 Å². The van der Waals surface area contributed by atoms with Crippen molar-refractivity contribution >= 4 is 0 Å². The first-order valence-electron chi connectivity index (χ1n) is 5.01. The number of nitrogens with one attached hydrogen (secondary N) is 1. The van der Waals surface area contributed by atoms with Crippen LogP contribution in [0.2, 0.25) is 0 Å². The number of rotatable bonds is 4. The van der Waals surface area contributed by atoms with Crippen LogP contribution in [0.1, 0.15) is 12.8 Å². The molecule has 1 heterocycles. The first-order valence-corrected chi connectivity index (χ1v) is 5.01. The number of likely N-dealkylation sites (N-methyl/N-ethyl adjacent to an activating group) is 1. The molecule has 0 aromatic carbocycles. The van der Waals surface area contributed by atoms with Gasteiger partial charge in [0, 0.05) is 13.1 Å². The van der Waals surface area contributed by atoms with Crippen LogP contribution in [0.4, 0.5) is 0 Å². The molecule has 74 valence electrons. The van der Waals surface area contributed by atoms with Crippen molar-refractivity contribution in [2.24, 2.45) is 0 Å². The van der Waals surface area contributed by atoms with E-state index in [4.69, 9.17) is 0 Å². The summed E-state index contributed by atoms with van der Waals surface area (Å²) in [6.07, 6.45) is 6.76. The quantitative estimate of drug-likeness (QED) is 0.658. The van der Waals surface area contributed by atoms with Crippen LogP contribution < -0.4 is 5.32 Å². The molecule has 0 atom stereocenters. The topological polar surface area (TPSA) is 15.3 Å². The Morgan fingerprint density at radius 1 is 1.38 bits per heavy atom. The molecular formula is C11H20N2. The van der Waals surface area contributed by atoms with Gasteiger partial charge in [0.05, 0.1) is 0 Å². The van der Waals surface area contributed by atoms with Crippen LogP contribution in [-0.4, -0.2) is 38.1 Å². The number of piperidine rings is 1. The highest BCUT2D eigenvalue weighted by atomic mass is 15.1. The Bertz CT molecular complexity index is 177. The highest BCUT2D eigenvalue weighted by Gasteiger charge is 2.03. The van der Waals surface area contributed by atoms with Gasteiger partial charge >= 0.3 is 0 Å². The van der Waals surface area contributed by atoms with Gasteiger partial charge in [0.25, 0.3) is 0 Å². The van der Waals surface area contributed by atoms with E-state index >= 15 is 0 Å². The molecule has 0 bridgehead atoms. The highest BCUT2D eigenvalue weighted by molar-refractivity contribution is 5.06. The molecule has 2 nitrogen and oxygen atoms in total. The van der Waals surface area contributed by atoms with Crippen molar-refractivity contribution < 1.29 is 0 Å². The lowest BCUT2D eigenvalue weighted by molar-refractivity contribution is 0.410. The molecule has 1 N–H and O–H groups in total. The Hall–Kier alpha value is -0.600. The second-order valence-electron chi connectivity index (χ2n) is 3.62. The van der Waals surface area contributed by atoms with Gasteiger partial charge in [0.1, 0.15) is 0 Å². The van der Waals surface area contributed by atoms with Gasteiger partial charge in [0.2, 0.25) is 0 Å². The number of hydrogen-bond acceptors (Lipinski definition) is 2. The van der Waals surface area contributed by atoms with E-state index < -0.39 is 0 Å². The molecule has 1 aliphatic rings. The second kappa shape index (κ2) is 5.95. The smallest absolute Gasteiger partial charge is 0.0166 e. The molecule has 0 amide bonds. The van der Waals surface area contributed by atoms with Gasteiger partial charge in [-0.1, -0.05) is 17.7 Å². The van der Waals surface area contributed by atoms with Gasteiger partial charge in [-0.25, -0.2) is 0 Å². The zero-order valence-electron chi connectivity index (χ0n) is 8.55. The monoisotopic (exact) mass is 180 g/mol. The molecular weight excluding hydrogens is 160 g/mol. The molecule has 1 saturated heterocycles. The number of nitrogens with zero attached hydrogens (tertiary/aromatic N) is 1. The molecule has 1 fully saturated rings. The summed E-state index contributed by atoms with van der Waals surface area (Å²) in [6.45, 7) is 8.05. The van der Waals surface area contributed by atoms with Crippen molar-refractivity contribution in [3.05, 3.63) is 24.3 Å². The Labute approximate surface area is 81.3 Å². The average molecular weight is 180 g/mol. The highest BCUT2D eigenvalue weighted by Crippen LogP contribution is 2.09. The third-order valence-electron chi connectivity index (χ3n) is 2.38. The second-order valence-corrected chi connectivity index (χ2v) is 3.62. The van der Waals surface area contributed by atoms with Crippen LogP contribution in [0.3, 0.4) is 0 Å². The lowest BCUT2D eigenvalue weighted by atomic mass is 10.1. The molecule has 1 rings (SSSR count). The molecule has 13 heavy (non-hydrogen) atoms. The Morgan fingerprint density at radius 3 is 2.69 bits per heavy atom. The maximum absolute atomic E-state index is 3.72. The van der Waals surface area contributed by atoms with E-state index in [1.807, 2.05) is 6.08 Å². The third kappa shape index (κ3) is 4.25. The van der Waals surface area contributed by atoms with Crippen LogP contribution in [0.5, 0.6) is 0 Å². The minimum atomic E-state index is 0.974. The van der Waals surface area contributed by atoms with E-state index in [2.05, 4.69) is 29.9 Å². The number of hydrogen-bond donors (Lipinski definition) is 1. The first kappa shape index (κ1) is 10.5. The molecule has 0 aliphatic carbocycles. The van der Waals surface area contributed by atoms with E-state index in [-0.39, 0.29) is 0 Å². The molecule has 1 aliphatic heterocycles. The van der Waals surface area contributed by atoms with E-state index in [0.717, 1.165) is 26.2 Å². The predicted octanol–water partition coefficient (Wildman–Crippen LogP) is 1.41. The van der Waals surface area contributed by atoms with Crippen molar-refractivity contribution in [2.45, 2.75) is 12.8 Å². The molecule has 0 unspecified atom stereocenters. The van der Waals surface area contributed by atoms with E-state index in [1.165, 1.54) is 12.8 Å². The van der Waals surface area contributed by atoms with Crippen LogP contribution in [0.15, 0.2) is 24.3 Å². The fourth-order valence-corrected chi connectivity index (χ4v) is 1.53. The lowest BCUT2D eigenvalue weighted by Crippen LogP contribution is -2.24. The van der Waals surface area contributed by atoms with Crippen LogP contribution in [0, 0.1) is 0 Å². The van der Waals surface area contributed by atoms with Gasteiger partial charge in [-0.05, 0) is 33.0 Å². The molecule has 0 radical (unpaired) electrons. The van der Waals surface area contributed by atoms with Crippen LogP contribution in [0.25, 0.3) is 0 Å². The maximum atomic E-state index is 3.72. The van der Waals surface area contributed by atoms with Crippen molar-refractivity contribution in [3.63, 3.8) is 0 Å². The summed E-state index contributed by atoms with van der Waals surface area (Å²) in [5, 5.41) is 3.36. The molecule has 2 heteroatoms. The lowest BCUT2D eigenvalue weighted by Gasteiger charge is -2.17. The minimum Gasteiger partial charge on any atom is -0.316 e. The van der Waals surface area contributed by atoms with E-state index in [0.29, 0.717) is 0 Å². The molecule has 0 saturated carbocycles. The summed E-state index contributed by atoms with van der Waals surface area (Å²) in [6, 6.07) is 0. The summed E-state index contributed by atoms with van der Waals surface area (Å²) >= 11 is 0. The van der Waals surface area contributed by atoms with Crippen molar-refractivity contribution in [1.29, 1.82) is 0 Å². The Morgan fingerprint density at radius 2 is 2.08 bits per heavy atom. The SMILES string of the molecule is C=CCN(C)CC=C1CCNCC1. The van der Waals surface area contributed by atoms with Gasteiger partial charge in [-0.2, -0.15) is 0 Å². The van der Waals surface area contributed by atoms with E-state index in [1.54, 1.807) is 5.57 Å². The van der Waals surface area contributed by atoms with E-state index in [9.17, 15) is 0 Å². The summed E-state index contributed by atoms with van der Waals surface area (Å²) in [5.74, 6) is 0. The Balaban J connectivity index is 2.24. The Kier molecular flexibility index (Phi) is 4.79. The standard InChI is InChI=1S/C11H20N2/c1-3-9-13(2)10-6-11-4-7-12-8-5-11/h3,6,12H,1,4-5,7-10H2,2H3. The van der Waals surface area contributed by atoms with Gasteiger partial charge in [-0.15, -0.1) is 6.58 Å². The first-order chi connectivity index (χ1) is 6.33. The zero-order valence-corrected chi connectivity index (χ0v) is 8.55. The summed E-state index contributed by atoms with van der Waals surface area (Å²) in [7, 11) is 2.12. The van der Waals surface area contributed by atoms with Crippen molar-refractivity contribution in [1.82, 2.24) is 10.2 Å². The van der Waals surface area contributed by atoms with Crippen LogP contribution >= 0.6 is 0 Å². The summed E-state index contributed by atoms with van der Waals surface area (Å²) in [5.41, 5.74) is 1.61. The van der Waals surface area contributed by atoms with Crippen LogP contribution in [-0.2, 0) is 0 Å². The largest absolute Gasteiger partial charge is 0.316 e. The molecule has 0 aromatic rings. The average Bonchev–Trinajstić information content (AvgIpc) is 2.17. The zero-order chi connectivity index (χ0) is 9.52. The molecule has 0 spiro atoms.